The maximum absolute atomic E-state index is 14.3. The number of benzene rings is 1. The summed E-state index contributed by atoms with van der Waals surface area (Å²) in [5.41, 5.74) is 1.32. The van der Waals surface area contributed by atoms with E-state index in [1.54, 1.807) is 19.1 Å². The summed E-state index contributed by atoms with van der Waals surface area (Å²) in [6.45, 7) is 3.95. The van der Waals surface area contributed by atoms with Gasteiger partial charge in [-0.15, -0.1) is 0 Å². The number of unbranched alkanes of at least 4 members (excludes halogenated alkanes) is 1. The summed E-state index contributed by atoms with van der Waals surface area (Å²) in [7, 11) is 0. The maximum Gasteiger partial charge on any atom is 0.282 e. The highest BCUT2D eigenvalue weighted by molar-refractivity contribution is 5.28. The van der Waals surface area contributed by atoms with E-state index < -0.39 is 18.5 Å². The lowest BCUT2D eigenvalue weighted by molar-refractivity contribution is -0.0807. The van der Waals surface area contributed by atoms with E-state index >= 15 is 0 Å². The quantitative estimate of drug-likeness (QED) is 0.372. The lowest BCUT2D eigenvalue weighted by Gasteiger charge is -2.38. The fraction of sp³-hybridized carbons (Fsp3) is 0.778. The van der Waals surface area contributed by atoms with E-state index in [0.29, 0.717) is 5.92 Å². The Morgan fingerprint density at radius 3 is 1.93 bits per heavy atom. The van der Waals surface area contributed by atoms with Crippen LogP contribution in [0, 0.1) is 17.8 Å². The van der Waals surface area contributed by atoms with Crippen LogP contribution in [0.5, 0.6) is 0 Å². The van der Waals surface area contributed by atoms with Gasteiger partial charge in [-0.05, 0) is 73.3 Å². The van der Waals surface area contributed by atoms with Crippen molar-refractivity contribution in [3.8, 4) is 0 Å². The molecule has 170 valence electrons. The topological polar surface area (TPSA) is 0 Å². The fourth-order valence-corrected chi connectivity index (χ4v) is 6.01. The van der Waals surface area contributed by atoms with Crippen LogP contribution in [0.2, 0.25) is 0 Å². The lowest BCUT2D eigenvalue weighted by atomic mass is 9.68. The molecule has 1 aromatic carbocycles. The second kappa shape index (κ2) is 11.0. The summed E-state index contributed by atoms with van der Waals surface area (Å²) >= 11 is 0. The van der Waals surface area contributed by atoms with Crippen molar-refractivity contribution < 1.29 is 13.2 Å². The predicted octanol–water partition coefficient (Wildman–Crippen LogP) is 9.40. The van der Waals surface area contributed by atoms with Crippen molar-refractivity contribution in [2.24, 2.45) is 17.8 Å². The molecule has 0 spiro atoms. The van der Waals surface area contributed by atoms with Gasteiger partial charge in [-0.1, -0.05) is 76.6 Å². The minimum Gasteiger partial charge on any atom is -0.236 e. The van der Waals surface area contributed by atoms with Crippen molar-refractivity contribution in [1.82, 2.24) is 0 Å². The van der Waals surface area contributed by atoms with Crippen LogP contribution in [0.25, 0.3) is 0 Å². The van der Waals surface area contributed by atoms with Crippen molar-refractivity contribution in [3.63, 3.8) is 0 Å². The average molecular weight is 423 g/mol. The van der Waals surface area contributed by atoms with E-state index in [1.165, 1.54) is 76.2 Å². The molecule has 0 radical (unpaired) electrons. The molecule has 1 aromatic rings. The van der Waals surface area contributed by atoms with Crippen molar-refractivity contribution in [1.29, 1.82) is 0 Å². The van der Waals surface area contributed by atoms with Crippen LogP contribution in [0.4, 0.5) is 13.2 Å². The standard InChI is InChI=1S/C27H41F3/c1-3-5-6-20-7-9-21(10-8-20)22-11-13-23(14-12-22)24-15-17-25(18-16-24)26(28)27(29,30)19-4-2/h15-18,20-23,26H,3-14,19H2,1-2H3/t20-,21-,22?,23?,26?. The van der Waals surface area contributed by atoms with E-state index in [0.717, 1.165) is 17.8 Å². The van der Waals surface area contributed by atoms with Gasteiger partial charge in [-0.25, -0.2) is 13.2 Å². The van der Waals surface area contributed by atoms with Gasteiger partial charge >= 0.3 is 0 Å². The summed E-state index contributed by atoms with van der Waals surface area (Å²) in [6.07, 6.45) is 12.5. The molecule has 1 unspecified atom stereocenters. The van der Waals surface area contributed by atoms with Crippen molar-refractivity contribution >= 4 is 0 Å². The Balaban J connectivity index is 1.47. The molecule has 30 heavy (non-hydrogen) atoms. The van der Waals surface area contributed by atoms with Gasteiger partial charge in [0.2, 0.25) is 0 Å². The van der Waals surface area contributed by atoms with Crippen LogP contribution in [-0.4, -0.2) is 5.92 Å². The number of rotatable bonds is 9. The zero-order valence-electron chi connectivity index (χ0n) is 19.0. The Hall–Kier alpha value is -0.990. The van der Waals surface area contributed by atoms with Gasteiger partial charge < -0.3 is 0 Å². The van der Waals surface area contributed by atoms with Gasteiger partial charge in [-0.2, -0.15) is 0 Å². The molecule has 0 bridgehead atoms. The van der Waals surface area contributed by atoms with E-state index in [-0.39, 0.29) is 12.0 Å². The molecule has 1 atom stereocenters. The highest BCUT2D eigenvalue weighted by Gasteiger charge is 2.40. The zero-order chi connectivity index (χ0) is 21.6. The Morgan fingerprint density at radius 2 is 1.40 bits per heavy atom. The van der Waals surface area contributed by atoms with Crippen molar-refractivity contribution in [2.75, 3.05) is 0 Å². The van der Waals surface area contributed by atoms with Gasteiger partial charge in [-0.3, -0.25) is 0 Å². The molecule has 2 saturated carbocycles. The molecular weight excluding hydrogens is 381 g/mol. The fourth-order valence-electron chi connectivity index (χ4n) is 6.01. The Labute approximate surface area is 182 Å². The number of hydrogen-bond donors (Lipinski definition) is 0. The maximum atomic E-state index is 14.3. The Kier molecular flexibility index (Phi) is 8.72. The molecule has 0 saturated heterocycles. The summed E-state index contributed by atoms with van der Waals surface area (Å²) in [5.74, 6) is -0.00968. The van der Waals surface area contributed by atoms with Crippen molar-refractivity contribution in [2.45, 2.75) is 115 Å². The van der Waals surface area contributed by atoms with E-state index in [1.807, 2.05) is 12.1 Å². The van der Waals surface area contributed by atoms with Gasteiger partial charge in [0, 0.05) is 6.42 Å². The van der Waals surface area contributed by atoms with Crippen molar-refractivity contribution in [3.05, 3.63) is 35.4 Å². The molecule has 0 aliphatic heterocycles. The van der Waals surface area contributed by atoms with Crippen LogP contribution in [0.15, 0.2) is 24.3 Å². The summed E-state index contributed by atoms with van der Waals surface area (Å²) in [6, 6.07) is 6.97. The van der Waals surface area contributed by atoms with Crippen LogP contribution in [0.1, 0.15) is 121 Å². The normalized spacial score (nSPS) is 29.0. The Bertz CT molecular complexity index is 608. The molecule has 2 fully saturated rings. The first kappa shape index (κ1) is 23.7. The highest BCUT2D eigenvalue weighted by Crippen LogP contribution is 2.45. The summed E-state index contributed by atoms with van der Waals surface area (Å²) in [5, 5.41) is 0. The van der Waals surface area contributed by atoms with Gasteiger partial charge in [0.15, 0.2) is 6.17 Å². The third-order valence-electron chi connectivity index (χ3n) is 7.95. The monoisotopic (exact) mass is 422 g/mol. The average Bonchev–Trinajstić information content (AvgIpc) is 2.78. The molecule has 3 heteroatoms. The third-order valence-corrected chi connectivity index (χ3v) is 7.95. The van der Waals surface area contributed by atoms with Gasteiger partial charge in [0.1, 0.15) is 0 Å². The molecule has 0 heterocycles. The largest absolute Gasteiger partial charge is 0.282 e. The second-order valence-electron chi connectivity index (χ2n) is 10.1. The predicted molar refractivity (Wildman–Crippen MR) is 120 cm³/mol. The minimum absolute atomic E-state index is 0.116. The van der Waals surface area contributed by atoms with E-state index in [4.69, 9.17) is 0 Å². The van der Waals surface area contributed by atoms with Crippen LogP contribution >= 0.6 is 0 Å². The SMILES string of the molecule is CCCC[C@H]1CC[C@H](C2CCC(c3ccc(C(F)C(F)(F)CCC)cc3)CC2)CC1. The Morgan fingerprint density at radius 1 is 0.833 bits per heavy atom. The van der Waals surface area contributed by atoms with Gasteiger partial charge in [0.25, 0.3) is 5.92 Å². The zero-order valence-corrected chi connectivity index (χ0v) is 19.0. The molecule has 2 aliphatic rings. The summed E-state index contributed by atoms with van der Waals surface area (Å²) in [4.78, 5) is 0. The first-order chi connectivity index (χ1) is 14.4. The third kappa shape index (κ3) is 6.04. The second-order valence-corrected chi connectivity index (χ2v) is 10.1. The van der Waals surface area contributed by atoms with E-state index in [9.17, 15) is 13.2 Å². The van der Waals surface area contributed by atoms with E-state index in [2.05, 4.69) is 6.92 Å². The molecule has 3 rings (SSSR count). The molecule has 0 nitrogen and oxygen atoms in total. The first-order valence-electron chi connectivity index (χ1n) is 12.6. The van der Waals surface area contributed by atoms with Gasteiger partial charge in [0.05, 0.1) is 0 Å². The smallest absolute Gasteiger partial charge is 0.236 e. The molecular formula is C27H41F3. The molecule has 0 aromatic heterocycles. The minimum atomic E-state index is -3.27. The van der Waals surface area contributed by atoms with Crippen LogP contribution in [-0.2, 0) is 0 Å². The number of hydrogen-bond acceptors (Lipinski definition) is 0. The number of halogens is 3. The summed E-state index contributed by atoms with van der Waals surface area (Å²) < 4.78 is 42.1. The highest BCUT2D eigenvalue weighted by atomic mass is 19.3. The molecule has 0 amide bonds. The molecule has 2 aliphatic carbocycles. The number of alkyl halides is 3. The first-order valence-corrected chi connectivity index (χ1v) is 12.6. The lowest BCUT2D eigenvalue weighted by Crippen LogP contribution is -2.25. The van der Waals surface area contributed by atoms with Crippen LogP contribution in [0.3, 0.4) is 0 Å². The molecule has 0 N–H and O–H groups in total. The van der Waals surface area contributed by atoms with Crippen LogP contribution < -0.4 is 0 Å².